The van der Waals surface area contributed by atoms with Crippen LogP contribution in [0.4, 0.5) is 34.1 Å². The molecule has 0 fully saturated rings. The van der Waals surface area contributed by atoms with E-state index in [0.29, 0.717) is 0 Å². The molecule has 0 atom stereocenters. The van der Waals surface area contributed by atoms with Crippen LogP contribution in [0.15, 0.2) is 224 Å². The molecule has 2 aliphatic heterocycles. The zero-order valence-corrected chi connectivity index (χ0v) is 41.3. The van der Waals surface area contributed by atoms with Crippen LogP contribution in [0.2, 0.25) is 0 Å². The van der Waals surface area contributed by atoms with Gasteiger partial charge in [-0.2, -0.15) is 0 Å². The highest BCUT2D eigenvalue weighted by Crippen LogP contribution is 2.47. The van der Waals surface area contributed by atoms with Crippen LogP contribution in [-0.2, 0) is 21.7 Å². The maximum atomic E-state index is 2.55. The first kappa shape index (κ1) is 44.2. The van der Waals surface area contributed by atoms with Crippen LogP contribution in [0.1, 0.15) is 99.9 Å². The van der Waals surface area contributed by atoms with Crippen LogP contribution in [0.25, 0.3) is 0 Å². The molecule has 0 N–H and O–H groups in total. The van der Waals surface area contributed by atoms with E-state index < -0.39 is 0 Å². The summed E-state index contributed by atoms with van der Waals surface area (Å²) in [7, 11) is 0. The minimum absolute atomic E-state index is 0.00375. The molecule has 0 amide bonds. The highest BCUT2D eigenvalue weighted by atomic mass is 15.2. The van der Waals surface area contributed by atoms with E-state index in [2.05, 4.69) is 290 Å². The van der Waals surface area contributed by atoms with Gasteiger partial charge in [0.25, 0.3) is 6.71 Å². The standard InChI is InChI=1S/C66H61BN2/c1-63(2,46-22-13-9-14-23-46)50-32-38-54(39-33-50)68-58-30-21-31-59-62(58)67(56-42-36-52(44-60(56)68)65(5,6)48-26-17-11-18-27-48)57-43-37-53(66(7,8)49-28-19-12-20-29-49)45-61(57)69(59)55-40-34-51(35-41-55)64(3,4)47-24-15-10-16-25-47/h9-45H,1-8H3. The third-order valence-corrected chi connectivity index (χ3v) is 16.1. The van der Waals surface area contributed by atoms with E-state index >= 15 is 0 Å². The fraction of sp³-hybridized carbons (Fsp3) is 0.182. The molecule has 0 aromatic heterocycles. The van der Waals surface area contributed by atoms with Gasteiger partial charge >= 0.3 is 0 Å². The highest BCUT2D eigenvalue weighted by molar-refractivity contribution is 7.00. The van der Waals surface area contributed by atoms with Crippen molar-refractivity contribution < 1.29 is 0 Å². The van der Waals surface area contributed by atoms with Crippen molar-refractivity contribution in [3.05, 3.63) is 269 Å². The maximum absolute atomic E-state index is 2.55. The molecule has 69 heavy (non-hydrogen) atoms. The predicted octanol–water partition coefficient (Wildman–Crippen LogP) is 15.1. The Morgan fingerprint density at radius 3 is 0.855 bits per heavy atom. The second-order valence-electron chi connectivity index (χ2n) is 21.4. The van der Waals surface area contributed by atoms with Crippen molar-refractivity contribution in [3.63, 3.8) is 0 Å². The molecule has 0 bridgehead atoms. The second-order valence-corrected chi connectivity index (χ2v) is 21.4. The Hall–Kier alpha value is -7.36. The molecule has 338 valence electrons. The first-order valence-electron chi connectivity index (χ1n) is 24.7. The van der Waals surface area contributed by atoms with Gasteiger partial charge in [-0.15, -0.1) is 0 Å². The number of hydrogen-bond donors (Lipinski definition) is 0. The fourth-order valence-corrected chi connectivity index (χ4v) is 11.4. The van der Waals surface area contributed by atoms with Crippen molar-refractivity contribution in [2.75, 3.05) is 9.80 Å². The van der Waals surface area contributed by atoms with Crippen LogP contribution in [0, 0.1) is 0 Å². The number of fused-ring (bicyclic) bond motifs is 4. The van der Waals surface area contributed by atoms with Crippen LogP contribution < -0.4 is 26.2 Å². The number of anilines is 6. The van der Waals surface area contributed by atoms with Gasteiger partial charge in [-0.1, -0.05) is 231 Å². The molecule has 0 saturated heterocycles. The van der Waals surface area contributed by atoms with E-state index in [1.807, 2.05) is 0 Å². The van der Waals surface area contributed by atoms with Gasteiger partial charge in [-0.3, -0.25) is 0 Å². The Kier molecular flexibility index (Phi) is 10.7. The van der Waals surface area contributed by atoms with Gasteiger partial charge in [-0.25, -0.2) is 0 Å². The van der Waals surface area contributed by atoms with Gasteiger partial charge in [0.15, 0.2) is 0 Å². The van der Waals surface area contributed by atoms with E-state index in [0.717, 1.165) is 11.4 Å². The Labute approximate surface area is 411 Å². The van der Waals surface area contributed by atoms with Gasteiger partial charge in [0.1, 0.15) is 0 Å². The molecule has 3 heteroatoms. The molecule has 9 aromatic carbocycles. The van der Waals surface area contributed by atoms with Gasteiger partial charge in [0.05, 0.1) is 0 Å². The van der Waals surface area contributed by atoms with Gasteiger partial charge in [0, 0.05) is 55.8 Å². The molecular weight excluding hydrogens is 832 g/mol. The SMILES string of the molecule is CC(C)(c1ccccc1)c1ccc(N2c3cc(C(C)(C)c4ccccc4)ccc3B3c4ccc(C(C)(C)c5ccccc5)cc4N(c4ccc(C(C)(C)c5ccccc5)cc4)c4cccc2c43)cc1. The molecule has 0 unspecified atom stereocenters. The molecule has 0 saturated carbocycles. The summed E-state index contributed by atoms with van der Waals surface area (Å²) in [5.41, 5.74) is 20.7. The molecule has 2 nitrogen and oxygen atoms in total. The number of benzene rings is 9. The summed E-state index contributed by atoms with van der Waals surface area (Å²) in [5, 5.41) is 0. The lowest BCUT2D eigenvalue weighted by atomic mass is 9.33. The normalized spacial score (nSPS) is 13.4. The molecule has 0 aliphatic carbocycles. The molecule has 0 radical (unpaired) electrons. The first-order chi connectivity index (χ1) is 33.3. The summed E-state index contributed by atoms with van der Waals surface area (Å²) >= 11 is 0. The van der Waals surface area contributed by atoms with Gasteiger partial charge in [-0.05, 0) is 109 Å². The minimum Gasteiger partial charge on any atom is -0.311 e. The third kappa shape index (κ3) is 7.33. The summed E-state index contributed by atoms with van der Waals surface area (Å²) in [6.45, 7) is 18.8. The predicted molar refractivity (Wildman–Crippen MR) is 295 cm³/mol. The molecule has 2 aliphatic rings. The zero-order chi connectivity index (χ0) is 47.7. The number of hydrogen-bond acceptors (Lipinski definition) is 2. The third-order valence-electron chi connectivity index (χ3n) is 16.1. The quantitative estimate of drug-likeness (QED) is 0.126. The largest absolute Gasteiger partial charge is 0.311 e. The average Bonchev–Trinajstić information content (AvgIpc) is 3.39. The Balaban J connectivity index is 1.13. The lowest BCUT2D eigenvalue weighted by molar-refractivity contribution is 0.640. The molecule has 11 rings (SSSR count). The molecule has 0 spiro atoms. The van der Waals surface area contributed by atoms with Crippen LogP contribution in [-0.4, -0.2) is 6.71 Å². The van der Waals surface area contributed by atoms with Crippen LogP contribution >= 0.6 is 0 Å². The van der Waals surface area contributed by atoms with E-state index in [-0.39, 0.29) is 28.4 Å². The van der Waals surface area contributed by atoms with E-state index in [1.165, 1.54) is 83.6 Å². The Morgan fingerprint density at radius 1 is 0.261 bits per heavy atom. The summed E-state index contributed by atoms with van der Waals surface area (Å²) in [4.78, 5) is 5.10. The van der Waals surface area contributed by atoms with Crippen LogP contribution in [0.3, 0.4) is 0 Å². The van der Waals surface area contributed by atoms with Crippen molar-refractivity contribution >= 4 is 57.2 Å². The Morgan fingerprint density at radius 2 is 0.536 bits per heavy atom. The number of nitrogens with zero attached hydrogens (tertiary/aromatic N) is 2. The van der Waals surface area contributed by atoms with E-state index in [9.17, 15) is 0 Å². The summed E-state index contributed by atoms with van der Waals surface area (Å²) < 4.78 is 0. The van der Waals surface area contributed by atoms with E-state index in [4.69, 9.17) is 0 Å². The van der Waals surface area contributed by atoms with E-state index in [1.54, 1.807) is 0 Å². The average molecular weight is 893 g/mol. The van der Waals surface area contributed by atoms with Crippen molar-refractivity contribution in [1.82, 2.24) is 0 Å². The lowest BCUT2D eigenvalue weighted by Gasteiger charge is -2.45. The second kappa shape index (κ2) is 16.7. The lowest BCUT2D eigenvalue weighted by Crippen LogP contribution is -2.61. The van der Waals surface area contributed by atoms with Crippen molar-refractivity contribution in [2.45, 2.75) is 77.0 Å². The molecular formula is C66H61BN2. The molecule has 9 aromatic rings. The summed E-state index contributed by atoms with van der Waals surface area (Å²) in [6, 6.07) is 84.1. The number of rotatable bonds is 10. The van der Waals surface area contributed by atoms with Crippen molar-refractivity contribution in [3.8, 4) is 0 Å². The minimum atomic E-state index is -0.228. The fourth-order valence-electron chi connectivity index (χ4n) is 11.4. The van der Waals surface area contributed by atoms with Crippen molar-refractivity contribution in [2.24, 2.45) is 0 Å². The topological polar surface area (TPSA) is 6.48 Å². The van der Waals surface area contributed by atoms with Crippen molar-refractivity contribution in [1.29, 1.82) is 0 Å². The summed E-state index contributed by atoms with van der Waals surface area (Å²) in [5.74, 6) is 0. The zero-order valence-electron chi connectivity index (χ0n) is 41.3. The van der Waals surface area contributed by atoms with Gasteiger partial charge < -0.3 is 9.80 Å². The maximum Gasteiger partial charge on any atom is 0.252 e. The Bertz CT molecular complexity index is 3080. The monoisotopic (exact) mass is 892 g/mol. The smallest absolute Gasteiger partial charge is 0.252 e. The summed E-state index contributed by atoms with van der Waals surface area (Å²) in [6.07, 6.45) is 0. The van der Waals surface area contributed by atoms with Gasteiger partial charge in [0.2, 0.25) is 0 Å². The van der Waals surface area contributed by atoms with Crippen LogP contribution in [0.5, 0.6) is 0 Å². The first-order valence-corrected chi connectivity index (χ1v) is 24.7. The highest BCUT2D eigenvalue weighted by Gasteiger charge is 2.44. The molecule has 2 heterocycles.